The minimum atomic E-state index is 0.369. The van der Waals surface area contributed by atoms with E-state index in [0.717, 1.165) is 17.8 Å². The fraction of sp³-hybridized carbons (Fsp3) is 0.500. The number of fused-ring (bicyclic) bond motifs is 4. The van der Waals surface area contributed by atoms with E-state index in [1.54, 1.807) is 0 Å². The van der Waals surface area contributed by atoms with Gasteiger partial charge in [0.25, 0.3) is 0 Å². The summed E-state index contributed by atoms with van der Waals surface area (Å²) in [5.74, 6) is 2.41. The molecule has 0 aromatic heterocycles. The largest absolute Gasteiger partial charge is 0.396 e. The quantitative estimate of drug-likeness (QED) is 0.681. The highest BCUT2D eigenvalue weighted by Gasteiger charge is 2.87. The third-order valence-corrected chi connectivity index (χ3v) is 4.57. The summed E-state index contributed by atoms with van der Waals surface area (Å²) in [4.78, 5) is 0. The normalized spacial score (nSPS) is 47.9. The molecule has 4 atom stereocenters. The van der Waals surface area contributed by atoms with E-state index in [0.29, 0.717) is 12.0 Å². The predicted octanol–water partition coefficient (Wildman–Crippen LogP) is 1.56. The van der Waals surface area contributed by atoms with Gasteiger partial charge in [-0.25, -0.2) is 0 Å². The standard InChI is InChI=1S/C12H12O/c13-6-12-9-5-7-3-1-2-4-8(7)10(12)11(9)12/h1-4,9-11,13H,5-6H2. The summed E-state index contributed by atoms with van der Waals surface area (Å²) in [5.41, 5.74) is 3.44. The first-order chi connectivity index (χ1) is 6.39. The molecule has 2 fully saturated rings. The Morgan fingerprint density at radius 1 is 1.38 bits per heavy atom. The minimum absolute atomic E-state index is 0.369. The Bertz CT molecular complexity index is 392. The molecule has 0 radical (unpaired) electrons. The van der Waals surface area contributed by atoms with Crippen molar-refractivity contribution in [3.63, 3.8) is 0 Å². The molecule has 0 bridgehead atoms. The third kappa shape index (κ3) is 0.505. The van der Waals surface area contributed by atoms with Crippen molar-refractivity contribution in [3.05, 3.63) is 35.4 Å². The van der Waals surface area contributed by atoms with Crippen LogP contribution in [0.1, 0.15) is 17.0 Å². The zero-order chi connectivity index (χ0) is 8.63. The molecule has 3 aliphatic rings. The van der Waals surface area contributed by atoms with Crippen LogP contribution in [-0.4, -0.2) is 11.7 Å². The Labute approximate surface area is 77.4 Å². The maximum atomic E-state index is 9.34. The second-order valence-corrected chi connectivity index (χ2v) is 4.78. The molecule has 4 unspecified atom stereocenters. The molecule has 1 aromatic carbocycles. The molecule has 66 valence electrons. The molecule has 3 aliphatic carbocycles. The molecule has 0 saturated heterocycles. The van der Waals surface area contributed by atoms with Crippen LogP contribution in [0.2, 0.25) is 0 Å². The van der Waals surface area contributed by atoms with E-state index in [2.05, 4.69) is 24.3 Å². The van der Waals surface area contributed by atoms with Gasteiger partial charge in [-0.05, 0) is 35.3 Å². The molecule has 13 heavy (non-hydrogen) atoms. The molecular weight excluding hydrogens is 160 g/mol. The van der Waals surface area contributed by atoms with Gasteiger partial charge in [0, 0.05) is 12.0 Å². The zero-order valence-corrected chi connectivity index (χ0v) is 7.40. The highest BCUT2D eigenvalue weighted by molar-refractivity contribution is 5.53. The van der Waals surface area contributed by atoms with Crippen LogP contribution in [0.5, 0.6) is 0 Å². The van der Waals surface area contributed by atoms with Gasteiger partial charge in [-0.3, -0.25) is 0 Å². The Hall–Kier alpha value is -0.820. The topological polar surface area (TPSA) is 20.2 Å². The first kappa shape index (κ1) is 6.61. The van der Waals surface area contributed by atoms with Crippen molar-refractivity contribution >= 4 is 0 Å². The average molecular weight is 172 g/mol. The van der Waals surface area contributed by atoms with Gasteiger partial charge in [-0.1, -0.05) is 24.3 Å². The van der Waals surface area contributed by atoms with E-state index in [1.165, 1.54) is 17.5 Å². The van der Waals surface area contributed by atoms with Crippen molar-refractivity contribution in [3.8, 4) is 0 Å². The first-order valence-corrected chi connectivity index (χ1v) is 5.08. The molecule has 0 spiro atoms. The SMILES string of the molecule is OCC12C3Cc4ccccc4C1C32. The summed E-state index contributed by atoms with van der Waals surface area (Å²) in [5, 5.41) is 9.34. The minimum Gasteiger partial charge on any atom is -0.396 e. The maximum Gasteiger partial charge on any atom is 0.0499 e. The second-order valence-electron chi connectivity index (χ2n) is 4.78. The number of rotatable bonds is 1. The Morgan fingerprint density at radius 2 is 2.23 bits per heavy atom. The van der Waals surface area contributed by atoms with Crippen molar-refractivity contribution in [2.75, 3.05) is 6.61 Å². The summed E-state index contributed by atoms with van der Waals surface area (Å²) in [6, 6.07) is 8.75. The van der Waals surface area contributed by atoms with E-state index in [1.807, 2.05) is 0 Å². The highest BCUT2D eigenvalue weighted by atomic mass is 16.3. The fourth-order valence-electron chi connectivity index (χ4n) is 3.79. The van der Waals surface area contributed by atoms with Crippen molar-refractivity contribution in [1.29, 1.82) is 0 Å². The molecule has 0 aliphatic heterocycles. The number of aliphatic hydroxyl groups is 1. The third-order valence-electron chi connectivity index (χ3n) is 4.57. The molecule has 0 amide bonds. The number of aliphatic hydroxyl groups excluding tert-OH is 1. The second kappa shape index (κ2) is 1.69. The smallest absolute Gasteiger partial charge is 0.0499 e. The fourth-order valence-corrected chi connectivity index (χ4v) is 3.79. The van der Waals surface area contributed by atoms with Crippen molar-refractivity contribution in [1.82, 2.24) is 0 Å². The van der Waals surface area contributed by atoms with E-state index < -0.39 is 0 Å². The summed E-state index contributed by atoms with van der Waals surface area (Å²) < 4.78 is 0. The van der Waals surface area contributed by atoms with Gasteiger partial charge < -0.3 is 5.11 Å². The monoisotopic (exact) mass is 172 g/mol. The van der Waals surface area contributed by atoms with Crippen LogP contribution in [0, 0.1) is 17.3 Å². The lowest BCUT2D eigenvalue weighted by Crippen LogP contribution is -2.20. The first-order valence-electron chi connectivity index (χ1n) is 5.08. The van der Waals surface area contributed by atoms with Gasteiger partial charge >= 0.3 is 0 Å². The molecular formula is C12H12O. The van der Waals surface area contributed by atoms with Crippen LogP contribution in [0.3, 0.4) is 0 Å². The van der Waals surface area contributed by atoms with Crippen molar-refractivity contribution < 1.29 is 5.11 Å². The van der Waals surface area contributed by atoms with Crippen LogP contribution in [0.15, 0.2) is 24.3 Å². The Balaban J connectivity index is 1.87. The highest BCUT2D eigenvalue weighted by Crippen LogP contribution is 2.90. The number of hydrogen-bond acceptors (Lipinski definition) is 1. The molecule has 1 aromatic rings. The van der Waals surface area contributed by atoms with Gasteiger partial charge in [0.1, 0.15) is 0 Å². The Morgan fingerprint density at radius 3 is 3.00 bits per heavy atom. The van der Waals surface area contributed by atoms with Gasteiger partial charge in [0.15, 0.2) is 0 Å². The molecule has 1 N–H and O–H groups in total. The lowest BCUT2D eigenvalue weighted by molar-refractivity contribution is 0.212. The van der Waals surface area contributed by atoms with Crippen LogP contribution < -0.4 is 0 Å². The lowest BCUT2D eigenvalue weighted by Gasteiger charge is -2.27. The van der Waals surface area contributed by atoms with E-state index in [9.17, 15) is 5.11 Å². The number of benzene rings is 1. The summed E-state index contributed by atoms with van der Waals surface area (Å²) >= 11 is 0. The van der Waals surface area contributed by atoms with Gasteiger partial charge in [0.05, 0.1) is 0 Å². The predicted molar refractivity (Wildman–Crippen MR) is 49.4 cm³/mol. The summed E-state index contributed by atoms with van der Waals surface area (Å²) in [7, 11) is 0. The summed E-state index contributed by atoms with van der Waals surface area (Å²) in [6.07, 6.45) is 1.22. The number of hydrogen-bond donors (Lipinski definition) is 1. The summed E-state index contributed by atoms with van der Waals surface area (Å²) in [6.45, 7) is 0.418. The van der Waals surface area contributed by atoms with Crippen LogP contribution in [-0.2, 0) is 6.42 Å². The molecule has 1 nitrogen and oxygen atoms in total. The van der Waals surface area contributed by atoms with E-state index in [-0.39, 0.29) is 0 Å². The molecule has 2 saturated carbocycles. The van der Waals surface area contributed by atoms with E-state index in [4.69, 9.17) is 0 Å². The van der Waals surface area contributed by atoms with Crippen LogP contribution in [0.25, 0.3) is 0 Å². The Kier molecular flexibility index (Phi) is 0.859. The van der Waals surface area contributed by atoms with Gasteiger partial charge in [-0.15, -0.1) is 0 Å². The van der Waals surface area contributed by atoms with Crippen LogP contribution in [0.4, 0.5) is 0 Å². The van der Waals surface area contributed by atoms with Crippen LogP contribution >= 0.6 is 0 Å². The average Bonchev–Trinajstić information content (AvgIpc) is 3.05. The molecule has 4 rings (SSSR count). The molecule has 0 heterocycles. The maximum absolute atomic E-state index is 9.34. The van der Waals surface area contributed by atoms with E-state index >= 15 is 0 Å². The van der Waals surface area contributed by atoms with Gasteiger partial charge in [-0.2, -0.15) is 0 Å². The zero-order valence-electron chi connectivity index (χ0n) is 7.40. The van der Waals surface area contributed by atoms with Crippen molar-refractivity contribution in [2.45, 2.75) is 12.3 Å². The van der Waals surface area contributed by atoms with Gasteiger partial charge in [0.2, 0.25) is 0 Å². The lowest BCUT2D eigenvalue weighted by atomic mass is 9.78. The van der Waals surface area contributed by atoms with Crippen molar-refractivity contribution in [2.24, 2.45) is 17.3 Å². The molecule has 1 heteroatoms.